The number of hydrogen-bond acceptors (Lipinski definition) is 6. The van der Waals surface area contributed by atoms with Crippen molar-refractivity contribution in [1.29, 1.82) is 0 Å². The molecule has 0 saturated heterocycles. The summed E-state index contributed by atoms with van der Waals surface area (Å²) < 4.78 is 10.1. The number of anilines is 1. The van der Waals surface area contributed by atoms with E-state index in [1.54, 1.807) is 58.0 Å². The van der Waals surface area contributed by atoms with Crippen molar-refractivity contribution in [2.45, 2.75) is 33.7 Å². The van der Waals surface area contributed by atoms with E-state index in [1.165, 1.54) is 12.3 Å². The average molecular weight is 414 g/mol. The van der Waals surface area contributed by atoms with Crippen LogP contribution in [0, 0.1) is 11.8 Å². The van der Waals surface area contributed by atoms with E-state index in [9.17, 15) is 19.2 Å². The number of Topliss-reactive ketones (excluding diaryl/α,β-unsaturated/α-hetero) is 1. The van der Waals surface area contributed by atoms with E-state index in [0.29, 0.717) is 11.3 Å². The van der Waals surface area contributed by atoms with Crippen molar-refractivity contribution in [2.75, 3.05) is 11.9 Å². The third-order valence-corrected chi connectivity index (χ3v) is 4.30. The Morgan fingerprint density at radius 3 is 2.20 bits per heavy atom. The number of rotatable bonds is 9. The minimum atomic E-state index is -0.927. The number of amides is 2. The summed E-state index contributed by atoms with van der Waals surface area (Å²) in [6.45, 7) is 6.60. The summed E-state index contributed by atoms with van der Waals surface area (Å²) in [6.07, 6.45) is 1.36. The maximum absolute atomic E-state index is 12.4. The van der Waals surface area contributed by atoms with E-state index >= 15 is 0 Å². The molecule has 2 amide bonds. The smallest absolute Gasteiger partial charge is 0.329 e. The predicted octanol–water partition coefficient (Wildman–Crippen LogP) is 3.05. The molecule has 0 spiro atoms. The number of hydrogen-bond donors (Lipinski definition) is 2. The highest BCUT2D eigenvalue weighted by molar-refractivity contribution is 5.99. The molecule has 0 bridgehead atoms. The van der Waals surface area contributed by atoms with E-state index in [4.69, 9.17) is 9.15 Å². The largest absolute Gasteiger partial charge is 0.459 e. The summed E-state index contributed by atoms with van der Waals surface area (Å²) in [5.74, 6) is -2.11. The minimum Gasteiger partial charge on any atom is -0.459 e. The molecule has 0 radical (unpaired) electrons. The Morgan fingerprint density at radius 1 is 1.00 bits per heavy atom. The number of furan rings is 1. The van der Waals surface area contributed by atoms with Crippen LogP contribution in [0.1, 0.15) is 48.6 Å². The molecule has 0 aliphatic heterocycles. The fraction of sp³-hybridized carbons (Fsp3) is 0.364. The molecule has 0 unspecified atom stereocenters. The second-order valence-corrected chi connectivity index (χ2v) is 7.42. The van der Waals surface area contributed by atoms with Crippen molar-refractivity contribution < 1.29 is 28.3 Å². The van der Waals surface area contributed by atoms with Gasteiger partial charge >= 0.3 is 5.97 Å². The molecule has 8 nitrogen and oxygen atoms in total. The molecule has 2 rings (SSSR count). The molecule has 1 heterocycles. The molecule has 30 heavy (non-hydrogen) atoms. The van der Waals surface area contributed by atoms with Crippen LogP contribution in [0.5, 0.6) is 0 Å². The van der Waals surface area contributed by atoms with Gasteiger partial charge in [-0.25, -0.2) is 4.79 Å². The van der Waals surface area contributed by atoms with Crippen molar-refractivity contribution in [3.63, 3.8) is 0 Å². The first-order chi connectivity index (χ1) is 14.2. The van der Waals surface area contributed by atoms with Gasteiger partial charge in [0.15, 0.2) is 18.2 Å². The van der Waals surface area contributed by atoms with E-state index < -0.39 is 30.3 Å². The van der Waals surface area contributed by atoms with Gasteiger partial charge in [-0.05, 0) is 42.3 Å². The van der Waals surface area contributed by atoms with Crippen LogP contribution in [-0.2, 0) is 14.3 Å². The second-order valence-electron chi connectivity index (χ2n) is 7.42. The highest BCUT2D eigenvalue weighted by atomic mass is 16.5. The van der Waals surface area contributed by atoms with Gasteiger partial charge in [0.25, 0.3) is 5.91 Å². The summed E-state index contributed by atoms with van der Waals surface area (Å²) in [7, 11) is 0. The fourth-order valence-electron chi connectivity index (χ4n) is 2.45. The summed E-state index contributed by atoms with van der Waals surface area (Å²) in [6, 6.07) is 8.43. The number of esters is 1. The highest BCUT2D eigenvalue weighted by Gasteiger charge is 2.27. The zero-order chi connectivity index (χ0) is 22.3. The fourth-order valence-corrected chi connectivity index (χ4v) is 2.45. The van der Waals surface area contributed by atoms with Crippen molar-refractivity contribution in [3.05, 3.63) is 54.0 Å². The average Bonchev–Trinajstić information content (AvgIpc) is 3.25. The Bertz CT molecular complexity index is 885. The van der Waals surface area contributed by atoms with Gasteiger partial charge in [0.1, 0.15) is 6.04 Å². The first kappa shape index (κ1) is 22.9. The number of ether oxygens (including phenoxy) is 1. The predicted molar refractivity (Wildman–Crippen MR) is 110 cm³/mol. The molecular weight excluding hydrogens is 388 g/mol. The molecule has 0 aliphatic carbocycles. The number of carbonyl (C=O) groups excluding carboxylic acids is 4. The third-order valence-electron chi connectivity index (χ3n) is 4.30. The van der Waals surface area contributed by atoms with Crippen molar-refractivity contribution in [1.82, 2.24) is 5.32 Å². The maximum Gasteiger partial charge on any atom is 0.329 e. The van der Waals surface area contributed by atoms with E-state index in [2.05, 4.69) is 10.6 Å². The van der Waals surface area contributed by atoms with Gasteiger partial charge in [-0.3, -0.25) is 14.4 Å². The molecule has 2 N–H and O–H groups in total. The van der Waals surface area contributed by atoms with E-state index in [0.717, 1.165) is 0 Å². The summed E-state index contributed by atoms with van der Waals surface area (Å²) in [5.41, 5.74) is 0.911. The van der Waals surface area contributed by atoms with Gasteiger partial charge in [-0.2, -0.15) is 0 Å². The third kappa shape index (κ3) is 6.30. The van der Waals surface area contributed by atoms with Gasteiger partial charge in [0.2, 0.25) is 5.91 Å². The molecule has 2 aromatic rings. The first-order valence-electron chi connectivity index (χ1n) is 9.64. The normalized spacial score (nSPS) is 11.8. The van der Waals surface area contributed by atoms with Gasteiger partial charge in [0.05, 0.1) is 6.26 Å². The Morgan fingerprint density at radius 2 is 1.67 bits per heavy atom. The Kier molecular flexibility index (Phi) is 7.91. The van der Waals surface area contributed by atoms with Crippen molar-refractivity contribution >= 4 is 29.3 Å². The monoisotopic (exact) mass is 414 g/mol. The highest BCUT2D eigenvalue weighted by Crippen LogP contribution is 2.12. The lowest BCUT2D eigenvalue weighted by Gasteiger charge is -2.20. The molecular formula is C22H26N2O6. The number of carbonyl (C=O) groups is 4. The summed E-state index contributed by atoms with van der Waals surface area (Å²) >= 11 is 0. The molecule has 0 saturated carbocycles. The molecule has 8 heteroatoms. The number of benzene rings is 1. The van der Waals surface area contributed by atoms with Crippen LogP contribution in [0.25, 0.3) is 0 Å². The zero-order valence-corrected chi connectivity index (χ0v) is 17.4. The lowest BCUT2D eigenvalue weighted by molar-refractivity contribution is -0.146. The van der Waals surface area contributed by atoms with E-state index in [-0.39, 0.29) is 23.5 Å². The minimum absolute atomic E-state index is 0.0779. The van der Waals surface area contributed by atoms with Gasteiger partial charge in [-0.15, -0.1) is 0 Å². The Hall–Kier alpha value is -3.42. The molecule has 1 aromatic carbocycles. The van der Waals surface area contributed by atoms with Gasteiger partial charge in [0, 0.05) is 17.2 Å². The lowest BCUT2D eigenvalue weighted by atomic mass is 10.0. The summed E-state index contributed by atoms with van der Waals surface area (Å²) in [5, 5.41) is 5.29. The van der Waals surface area contributed by atoms with Gasteiger partial charge in [-0.1, -0.05) is 27.7 Å². The number of ketones is 1. The zero-order valence-electron chi connectivity index (χ0n) is 17.4. The van der Waals surface area contributed by atoms with Crippen LogP contribution in [0.3, 0.4) is 0 Å². The molecule has 0 aliphatic rings. The van der Waals surface area contributed by atoms with Crippen molar-refractivity contribution in [2.24, 2.45) is 11.8 Å². The van der Waals surface area contributed by atoms with Crippen LogP contribution in [0.4, 0.5) is 5.69 Å². The maximum atomic E-state index is 12.4. The Balaban J connectivity index is 1.92. The van der Waals surface area contributed by atoms with Gasteiger partial charge < -0.3 is 19.8 Å². The topological polar surface area (TPSA) is 115 Å². The van der Waals surface area contributed by atoms with Crippen LogP contribution in [-0.4, -0.2) is 36.2 Å². The second kappa shape index (κ2) is 10.4. The molecule has 1 atom stereocenters. The lowest BCUT2D eigenvalue weighted by Crippen LogP contribution is -2.45. The standard InChI is InChI=1S/C22H26N2O6/c1-13(2)19(24-21(27)18-6-5-11-29-18)22(28)30-12-17(25)15-7-9-16(10-8-15)23-20(26)14(3)4/h5-11,13-14,19H,12H2,1-4H3,(H,23,26)(H,24,27)/t19-/m0/s1. The van der Waals surface area contributed by atoms with Crippen LogP contribution < -0.4 is 10.6 Å². The summed E-state index contributed by atoms with van der Waals surface area (Å²) in [4.78, 5) is 48.6. The SMILES string of the molecule is CC(C)C(=O)Nc1ccc(C(=O)COC(=O)[C@@H](NC(=O)c2ccco2)C(C)C)cc1. The van der Waals surface area contributed by atoms with Crippen LogP contribution in [0.15, 0.2) is 47.1 Å². The first-order valence-corrected chi connectivity index (χ1v) is 9.64. The quantitative estimate of drug-likeness (QED) is 0.481. The van der Waals surface area contributed by atoms with Crippen LogP contribution in [0.2, 0.25) is 0 Å². The van der Waals surface area contributed by atoms with E-state index in [1.807, 2.05) is 0 Å². The van der Waals surface area contributed by atoms with Crippen LogP contribution >= 0.6 is 0 Å². The Labute approximate surface area is 175 Å². The molecule has 0 fully saturated rings. The van der Waals surface area contributed by atoms with Crippen molar-refractivity contribution in [3.8, 4) is 0 Å². The molecule has 160 valence electrons. The number of nitrogens with one attached hydrogen (secondary N) is 2. The molecule has 1 aromatic heterocycles.